The van der Waals surface area contributed by atoms with Gasteiger partial charge in [-0.15, -0.1) is 0 Å². The van der Waals surface area contributed by atoms with Crippen LogP contribution in [0.25, 0.3) is 11.3 Å². The molecule has 1 aliphatic heterocycles. The molecule has 27 heavy (non-hydrogen) atoms. The summed E-state index contributed by atoms with van der Waals surface area (Å²) >= 11 is 5.19. The first kappa shape index (κ1) is 18.7. The van der Waals surface area contributed by atoms with Gasteiger partial charge in [-0.1, -0.05) is 12.1 Å². The molecule has 0 radical (unpaired) electrons. The molecule has 0 fully saturated rings. The molecule has 0 aliphatic carbocycles. The highest BCUT2D eigenvalue weighted by molar-refractivity contribution is 7.80. The molecule has 0 unspecified atom stereocenters. The number of hydrogen-bond acceptors (Lipinski definition) is 6. The topological polar surface area (TPSA) is 89.8 Å². The molecule has 0 bridgehead atoms. The van der Waals surface area contributed by atoms with E-state index in [1.54, 1.807) is 43.3 Å². The zero-order valence-electron chi connectivity index (χ0n) is 15.0. The van der Waals surface area contributed by atoms with Crippen LogP contribution in [0.5, 0.6) is 0 Å². The van der Waals surface area contributed by atoms with Crippen LogP contribution in [0.1, 0.15) is 29.1 Å². The summed E-state index contributed by atoms with van der Waals surface area (Å²) in [6.07, 6.45) is 0. The summed E-state index contributed by atoms with van der Waals surface area (Å²) in [6.45, 7) is 1.75. The fraction of sp³-hybridized carbons (Fsp3) is 0.211. The summed E-state index contributed by atoms with van der Waals surface area (Å²) in [4.78, 5) is 23.7. The van der Waals surface area contributed by atoms with E-state index in [9.17, 15) is 9.59 Å². The van der Waals surface area contributed by atoms with Crippen molar-refractivity contribution < 1.29 is 23.5 Å². The molecule has 1 aromatic heterocycles. The number of thiocarbonyl (C=S) groups is 1. The van der Waals surface area contributed by atoms with E-state index in [1.165, 1.54) is 14.2 Å². The minimum atomic E-state index is -0.561. The van der Waals surface area contributed by atoms with E-state index in [-0.39, 0.29) is 0 Å². The lowest BCUT2D eigenvalue weighted by molar-refractivity contribution is -0.136. The van der Waals surface area contributed by atoms with Crippen molar-refractivity contribution in [3.8, 4) is 11.3 Å². The largest absolute Gasteiger partial charge is 0.466 e. The lowest BCUT2D eigenvalue weighted by atomic mass is 10.0. The smallest absolute Gasteiger partial charge is 0.338 e. The van der Waals surface area contributed by atoms with Crippen LogP contribution < -0.4 is 10.6 Å². The standard InChI is InChI=1S/C19H18N2O5S/c1-10-15(18(23)25-3)16(21-19(27)20-10)14-9-8-13(26-14)11-4-6-12(7-5-11)17(22)24-2/h4-9,16H,1-3H3,(H2,20,21,27)/t16-/m0/s1. The number of nitrogens with one attached hydrogen (secondary N) is 2. The van der Waals surface area contributed by atoms with Crippen LogP contribution in [-0.4, -0.2) is 31.3 Å². The number of rotatable bonds is 4. The molecule has 1 aromatic carbocycles. The monoisotopic (exact) mass is 386 g/mol. The predicted octanol–water partition coefficient (Wildman–Crippen LogP) is 2.70. The van der Waals surface area contributed by atoms with Gasteiger partial charge in [0.15, 0.2) is 5.11 Å². The maximum Gasteiger partial charge on any atom is 0.338 e. The minimum absolute atomic E-state index is 0.394. The molecule has 2 heterocycles. The lowest BCUT2D eigenvalue weighted by Crippen LogP contribution is -2.44. The third-order valence-corrected chi connectivity index (χ3v) is 4.40. The van der Waals surface area contributed by atoms with Gasteiger partial charge in [0, 0.05) is 11.3 Å². The third-order valence-electron chi connectivity index (χ3n) is 4.18. The quantitative estimate of drug-likeness (QED) is 0.612. The van der Waals surface area contributed by atoms with Gasteiger partial charge in [-0.25, -0.2) is 9.59 Å². The minimum Gasteiger partial charge on any atom is -0.466 e. The fourth-order valence-corrected chi connectivity index (χ4v) is 3.11. The van der Waals surface area contributed by atoms with Crippen LogP contribution in [0.2, 0.25) is 0 Å². The number of esters is 2. The first-order valence-corrected chi connectivity index (χ1v) is 8.50. The Morgan fingerprint density at radius 3 is 2.33 bits per heavy atom. The molecule has 8 heteroatoms. The van der Waals surface area contributed by atoms with Gasteiger partial charge in [0.2, 0.25) is 0 Å². The molecule has 0 saturated heterocycles. The first-order chi connectivity index (χ1) is 12.9. The number of carbonyl (C=O) groups is 2. The van der Waals surface area contributed by atoms with Gasteiger partial charge in [-0.3, -0.25) is 0 Å². The Labute approximate surface area is 161 Å². The number of furan rings is 1. The number of ether oxygens (including phenoxy) is 2. The van der Waals surface area contributed by atoms with Gasteiger partial charge in [0.25, 0.3) is 0 Å². The second kappa shape index (κ2) is 7.63. The number of benzene rings is 1. The van der Waals surface area contributed by atoms with E-state index in [0.29, 0.717) is 33.5 Å². The number of allylic oxidation sites excluding steroid dienone is 1. The van der Waals surface area contributed by atoms with Gasteiger partial charge < -0.3 is 24.5 Å². The van der Waals surface area contributed by atoms with E-state index in [1.807, 2.05) is 0 Å². The molecule has 7 nitrogen and oxygen atoms in total. The summed E-state index contributed by atoms with van der Waals surface area (Å²) in [5.41, 5.74) is 2.24. The zero-order chi connectivity index (χ0) is 19.6. The van der Waals surface area contributed by atoms with Crippen LogP contribution in [0.3, 0.4) is 0 Å². The Morgan fingerprint density at radius 2 is 1.70 bits per heavy atom. The van der Waals surface area contributed by atoms with Crippen LogP contribution in [0, 0.1) is 0 Å². The van der Waals surface area contributed by atoms with Crippen LogP contribution in [-0.2, 0) is 14.3 Å². The average molecular weight is 386 g/mol. The SMILES string of the molecule is COC(=O)C1=C(C)NC(=S)N[C@H]1c1ccc(-c2ccc(C(=O)OC)cc2)o1. The van der Waals surface area contributed by atoms with Crippen LogP contribution >= 0.6 is 12.2 Å². The van der Waals surface area contributed by atoms with Gasteiger partial charge in [-0.05, 0) is 43.4 Å². The highest BCUT2D eigenvalue weighted by Crippen LogP contribution is 2.32. The van der Waals surface area contributed by atoms with Crippen molar-refractivity contribution in [3.63, 3.8) is 0 Å². The molecule has 0 amide bonds. The summed E-state index contributed by atoms with van der Waals surface area (Å²) < 4.78 is 15.5. The average Bonchev–Trinajstić information content (AvgIpc) is 3.16. The Bertz CT molecular complexity index is 930. The normalized spacial score (nSPS) is 16.4. The predicted molar refractivity (Wildman–Crippen MR) is 102 cm³/mol. The lowest BCUT2D eigenvalue weighted by Gasteiger charge is -2.27. The molecule has 140 valence electrons. The highest BCUT2D eigenvalue weighted by atomic mass is 32.1. The fourth-order valence-electron chi connectivity index (χ4n) is 2.84. The molecule has 1 aliphatic rings. The number of carbonyl (C=O) groups excluding carboxylic acids is 2. The summed E-state index contributed by atoms with van der Waals surface area (Å²) in [6, 6.07) is 9.84. The second-order valence-electron chi connectivity index (χ2n) is 5.83. The number of methoxy groups -OCH3 is 2. The summed E-state index contributed by atoms with van der Waals surface area (Å²) in [5.74, 6) is 0.234. The molecule has 0 saturated carbocycles. The molecular formula is C19H18N2O5S. The van der Waals surface area contributed by atoms with Gasteiger partial charge >= 0.3 is 11.9 Å². The first-order valence-electron chi connectivity index (χ1n) is 8.09. The molecule has 1 atom stereocenters. The van der Waals surface area contributed by atoms with Gasteiger partial charge in [0.05, 0.1) is 25.4 Å². The molecule has 0 spiro atoms. The highest BCUT2D eigenvalue weighted by Gasteiger charge is 2.32. The van der Waals surface area contributed by atoms with Crippen molar-refractivity contribution in [1.82, 2.24) is 10.6 Å². The molecular weight excluding hydrogens is 368 g/mol. The van der Waals surface area contributed by atoms with E-state index in [2.05, 4.69) is 10.6 Å². The molecule has 2 N–H and O–H groups in total. The third kappa shape index (κ3) is 3.70. The van der Waals surface area contributed by atoms with Crippen molar-refractivity contribution in [2.75, 3.05) is 14.2 Å². The Balaban J connectivity index is 1.92. The van der Waals surface area contributed by atoms with Gasteiger partial charge in [-0.2, -0.15) is 0 Å². The van der Waals surface area contributed by atoms with E-state index < -0.39 is 18.0 Å². The van der Waals surface area contributed by atoms with Crippen molar-refractivity contribution in [2.45, 2.75) is 13.0 Å². The van der Waals surface area contributed by atoms with Gasteiger partial charge in [0.1, 0.15) is 17.6 Å². The molecule has 2 aromatic rings. The van der Waals surface area contributed by atoms with E-state index in [0.717, 1.165) is 5.56 Å². The van der Waals surface area contributed by atoms with Crippen molar-refractivity contribution in [3.05, 3.63) is 59.0 Å². The van der Waals surface area contributed by atoms with Crippen LogP contribution in [0.4, 0.5) is 0 Å². The number of hydrogen-bond donors (Lipinski definition) is 2. The Kier molecular flexibility index (Phi) is 5.27. The van der Waals surface area contributed by atoms with Crippen molar-refractivity contribution in [2.24, 2.45) is 0 Å². The van der Waals surface area contributed by atoms with Crippen LogP contribution in [0.15, 0.2) is 52.1 Å². The zero-order valence-corrected chi connectivity index (χ0v) is 15.8. The Hall–Kier alpha value is -3.13. The van der Waals surface area contributed by atoms with E-state index >= 15 is 0 Å². The van der Waals surface area contributed by atoms with Crippen molar-refractivity contribution in [1.29, 1.82) is 0 Å². The Morgan fingerprint density at radius 1 is 1.04 bits per heavy atom. The maximum atomic E-state index is 12.2. The second-order valence-corrected chi connectivity index (χ2v) is 6.24. The summed E-state index contributed by atoms with van der Waals surface area (Å²) in [7, 11) is 2.66. The van der Waals surface area contributed by atoms with Crippen molar-refractivity contribution >= 4 is 29.3 Å². The maximum absolute atomic E-state index is 12.2. The molecule has 3 rings (SSSR count). The van der Waals surface area contributed by atoms with E-state index in [4.69, 9.17) is 26.1 Å². The summed E-state index contributed by atoms with van der Waals surface area (Å²) in [5, 5.41) is 6.34.